The predicted molar refractivity (Wildman–Crippen MR) is 93.9 cm³/mol. The lowest BCUT2D eigenvalue weighted by Crippen LogP contribution is -2.27. The van der Waals surface area contributed by atoms with Crippen LogP contribution in [0.3, 0.4) is 0 Å². The Bertz CT molecular complexity index is 813. The molecule has 26 heavy (non-hydrogen) atoms. The van der Waals surface area contributed by atoms with Gasteiger partial charge in [-0.05, 0) is 36.2 Å². The smallest absolute Gasteiger partial charge is 0.303 e. The van der Waals surface area contributed by atoms with Gasteiger partial charge in [-0.25, -0.2) is 5.01 Å². The average Bonchev–Trinajstić information content (AvgIpc) is 3.30. The number of carboxylic acid groups (broad SMARTS) is 1. The first-order valence-corrected chi connectivity index (χ1v) is 8.37. The zero-order valence-electron chi connectivity index (χ0n) is 14.4. The summed E-state index contributed by atoms with van der Waals surface area (Å²) in [7, 11) is 1.59. The van der Waals surface area contributed by atoms with Crippen LogP contribution in [0.15, 0.2) is 52.2 Å². The first-order chi connectivity index (χ1) is 12.6. The highest BCUT2D eigenvalue weighted by Gasteiger charge is 2.33. The van der Waals surface area contributed by atoms with Gasteiger partial charge in [-0.3, -0.25) is 9.59 Å². The fraction of sp³-hybridized carbons (Fsp3) is 0.316. The fourth-order valence-corrected chi connectivity index (χ4v) is 2.95. The maximum absolute atomic E-state index is 12.6. The molecule has 0 unspecified atom stereocenters. The minimum atomic E-state index is -0.914. The van der Waals surface area contributed by atoms with Crippen LogP contribution in [0.1, 0.15) is 43.0 Å². The van der Waals surface area contributed by atoms with Gasteiger partial charge in [0.2, 0.25) is 5.91 Å². The van der Waals surface area contributed by atoms with Gasteiger partial charge in [0, 0.05) is 19.3 Å². The van der Waals surface area contributed by atoms with Crippen molar-refractivity contribution in [2.45, 2.75) is 31.7 Å². The number of furan rings is 1. The minimum Gasteiger partial charge on any atom is -0.497 e. The molecule has 0 saturated carbocycles. The lowest BCUT2D eigenvalue weighted by Gasteiger charge is -2.22. The first kappa shape index (κ1) is 17.7. The van der Waals surface area contributed by atoms with E-state index in [1.54, 1.807) is 25.5 Å². The Hall–Kier alpha value is -3.09. The summed E-state index contributed by atoms with van der Waals surface area (Å²) >= 11 is 0. The van der Waals surface area contributed by atoms with Crippen molar-refractivity contribution < 1.29 is 23.8 Å². The summed E-state index contributed by atoms with van der Waals surface area (Å²) in [5.74, 6) is 0.204. The van der Waals surface area contributed by atoms with Gasteiger partial charge in [0.1, 0.15) is 17.2 Å². The summed E-state index contributed by atoms with van der Waals surface area (Å²) in [6, 6.07) is 10.8. The molecular formula is C19H20N2O5. The minimum absolute atomic E-state index is 0.0435. The molecule has 0 spiro atoms. The van der Waals surface area contributed by atoms with E-state index < -0.39 is 5.97 Å². The van der Waals surface area contributed by atoms with Gasteiger partial charge in [-0.1, -0.05) is 12.1 Å². The molecule has 136 valence electrons. The largest absolute Gasteiger partial charge is 0.497 e. The molecule has 1 aliphatic rings. The van der Waals surface area contributed by atoms with Crippen molar-refractivity contribution in [1.82, 2.24) is 5.01 Å². The Morgan fingerprint density at radius 2 is 2.15 bits per heavy atom. The number of carboxylic acids is 1. The van der Waals surface area contributed by atoms with Crippen LogP contribution in [-0.2, 0) is 9.59 Å². The van der Waals surface area contributed by atoms with Gasteiger partial charge in [0.25, 0.3) is 0 Å². The number of hydrogen-bond donors (Lipinski definition) is 1. The normalized spacial score (nSPS) is 16.4. The summed E-state index contributed by atoms with van der Waals surface area (Å²) in [4.78, 5) is 23.3. The van der Waals surface area contributed by atoms with Crippen LogP contribution < -0.4 is 4.74 Å². The molecule has 1 aromatic carbocycles. The van der Waals surface area contributed by atoms with E-state index in [2.05, 4.69) is 5.10 Å². The van der Waals surface area contributed by atoms with Crippen LogP contribution >= 0.6 is 0 Å². The fourth-order valence-electron chi connectivity index (χ4n) is 2.95. The molecular weight excluding hydrogens is 336 g/mol. The number of rotatable bonds is 7. The molecule has 7 heteroatoms. The van der Waals surface area contributed by atoms with E-state index in [-0.39, 0.29) is 31.2 Å². The average molecular weight is 356 g/mol. The van der Waals surface area contributed by atoms with Crippen LogP contribution in [0.25, 0.3) is 0 Å². The molecule has 1 amide bonds. The van der Waals surface area contributed by atoms with Crippen molar-refractivity contribution in [2.24, 2.45) is 5.10 Å². The van der Waals surface area contributed by atoms with Crippen LogP contribution in [-0.4, -0.2) is 34.8 Å². The zero-order valence-corrected chi connectivity index (χ0v) is 14.4. The molecule has 0 fully saturated rings. The van der Waals surface area contributed by atoms with Crippen LogP contribution in [0, 0.1) is 0 Å². The number of hydrogen-bond acceptors (Lipinski definition) is 5. The lowest BCUT2D eigenvalue weighted by molar-refractivity contribution is -0.137. The van der Waals surface area contributed by atoms with Gasteiger partial charge in [-0.15, -0.1) is 0 Å². The molecule has 3 rings (SSSR count). The van der Waals surface area contributed by atoms with E-state index in [0.29, 0.717) is 23.6 Å². The van der Waals surface area contributed by atoms with Crippen molar-refractivity contribution in [1.29, 1.82) is 0 Å². The maximum atomic E-state index is 12.6. The molecule has 1 atom stereocenters. The SMILES string of the molecule is COc1cccc([C@H]2CC(c3ccco3)=NN2C(=O)CCCC(=O)O)c1. The number of benzene rings is 1. The number of hydrazone groups is 1. The van der Waals surface area contributed by atoms with Crippen molar-refractivity contribution in [3.63, 3.8) is 0 Å². The number of amides is 1. The number of ether oxygens (including phenoxy) is 1. The van der Waals surface area contributed by atoms with Crippen LogP contribution in [0.5, 0.6) is 5.75 Å². The van der Waals surface area contributed by atoms with E-state index in [1.165, 1.54) is 5.01 Å². The summed E-state index contributed by atoms with van der Waals surface area (Å²) < 4.78 is 10.7. The third kappa shape index (κ3) is 3.93. The summed E-state index contributed by atoms with van der Waals surface area (Å²) in [6.07, 6.45) is 2.45. The van der Waals surface area contributed by atoms with Gasteiger partial charge in [-0.2, -0.15) is 5.10 Å². The van der Waals surface area contributed by atoms with Crippen molar-refractivity contribution in [2.75, 3.05) is 7.11 Å². The quantitative estimate of drug-likeness (QED) is 0.822. The van der Waals surface area contributed by atoms with E-state index in [0.717, 1.165) is 5.56 Å². The Morgan fingerprint density at radius 1 is 1.31 bits per heavy atom. The van der Waals surface area contributed by atoms with Gasteiger partial charge < -0.3 is 14.3 Å². The Kier molecular flexibility index (Phi) is 5.36. The van der Waals surface area contributed by atoms with Gasteiger partial charge >= 0.3 is 5.97 Å². The van der Waals surface area contributed by atoms with Crippen LogP contribution in [0.2, 0.25) is 0 Å². The Balaban J connectivity index is 1.84. The highest BCUT2D eigenvalue weighted by Crippen LogP contribution is 2.34. The first-order valence-electron chi connectivity index (χ1n) is 8.37. The topological polar surface area (TPSA) is 92.3 Å². The molecule has 0 aliphatic carbocycles. The Labute approximate surface area is 150 Å². The highest BCUT2D eigenvalue weighted by atomic mass is 16.5. The molecule has 2 aromatic rings. The third-order valence-corrected chi connectivity index (χ3v) is 4.23. The lowest BCUT2D eigenvalue weighted by atomic mass is 10.0. The van der Waals surface area contributed by atoms with E-state index in [1.807, 2.05) is 24.3 Å². The van der Waals surface area contributed by atoms with Crippen molar-refractivity contribution in [3.05, 3.63) is 54.0 Å². The van der Waals surface area contributed by atoms with E-state index in [9.17, 15) is 9.59 Å². The molecule has 1 aliphatic heterocycles. The zero-order chi connectivity index (χ0) is 18.5. The van der Waals surface area contributed by atoms with Crippen molar-refractivity contribution >= 4 is 17.6 Å². The van der Waals surface area contributed by atoms with E-state index in [4.69, 9.17) is 14.3 Å². The summed E-state index contributed by atoms with van der Waals surface area (Å²) in [6.45, 7) is 0. The molecule has 0 radical (unpaired) electrons. The van der Waals surface area contributed by atoms with Gasteiger partial charge in [0.05, 0.1) is 19.4 Å². The molecule has 2 heterocycles. The molecule has 1 N–H and O–H groups in total. The number of methoxy groups -OCH3 is 1. The van der Waals surface area contributed by atoms with E-state index >= 15 is 0 Å². The van der Waals surface area contributed by atoms with Gasteiger partial charge in [0.15, 0.2) is 0 Å². The third-order valence-electron chi connectivity index (χ3n) is 4.23. The standard InChI is InChI=1S/C19H20N2O5/c1-25-14-6-2-5-13(11-14)16-12-15(17-7-4-10-26-17)20-21(16)18(22)8-3-9-19(23)24/h2,4-7,10-11,16H,3,8-9,12H2,1H3,(H,23,24)/t16-/m1/s1. The maximum Gasteiger partial charge on any atom is 0.303 e. The second-order valence-corrected chi connectivity index (χ2v) is 6.01. The Morgan fingerprint density at radius 3 is 2.85 bits per heavy atom. The molecule has 7 nitrogen and oxygen atoms in total. The predicted octanol–water partition coefficient (Wildman–Crippen LogP) is 3.22. The number of aliphatic carboxylic acids is 1. The number of nitrogens with zero attached hydrogens (tertiary/aromatic N) is 2. The van der Waals surface area contributed by atoms with Crippen molar-refractivity contribution in [3.8, 4) is 5.75 Å². The summed E-state index contributed by atoms with van der Waals surface area (Å²) in [5, 5.41) is 14.7. The molecule has 0 saturated heterocycles. The summed E-state index contributed by atoms with van der Waals surface area (Å²) in [5.41, 5.74) is 1.59. The highest BCUT2D eigenvalue weighted by molar-refractivity contribution is 6.01. The number of carbonyl (C=O) groups is 2. The number of carbonyl (C=O) groups excluding carboxylic acids is 1. The molecule has 0 bridgehead atoms. The second-order valence-electron chi connectivity index (χ2n) is 6.01. The monoisotopic (exact) mass is 356 g/mol. The second kappa shape index (κ2) is 7.86. The molecule has 1 aromatic heterocycles. The van der Waals surface area contributed by atoms with Crippen LogP contribution in [0.4, 0.5) is 0 Å².